The highest BCUT2D eigenvalue weighted by Crippen LogP contribution is 2.33. The Bertz CT molecular complexity index is 483. The zero-order chi connectivity index (χ0) is 12.6. The van der Waals surface area contributed by atoms with Gasteiger partial charge in [-0.05, 0) is 24.6 Å². The van der Waals surface area contributed by atoms with E-state index in [9.17, 15) is 9.59 Å². The molecule has 0 aliphatic carbocycles. The van der Waals surface area contributed by atoms with Gasteiger partial charge in [-0.3, -0.25) is 9.59 Å². The van der Waals surface area contributed by atoms with E-state index in [2.05, 4.69) is 0 Å². The number of rotatable bonds is 2. The SMILES string of the molecule is CC1Oc2ccc(CC(=O)O)cc2N(C)C1=O. The molecule has 0 radical (unpaired) electrons. The number of ether oxygens (including phenoxy) is 1. The summed E-state index contributed by atoms with van der Waals surface area (Å²) < 4.78 is 5.44. The van der Waals surface area contributed by atoms with E-state index in [1.54, 1.807) is 32.2 Å². The van der Waals surface area contributed by atoms with E-state index in [0.717, 1.165) is 0 Å². The molecule has 0 saturated heterocycles. The van der Waals surface area contributed by atoms with Gasteiger partial charge in [-0.1, -0.05) is 6.07 Å². The average molecular weight is 235 g/mol. The molecule has 0 saturated carbocycles. The van der Waals surface area contributed by atoms with Gasteiger partial charge in [0.15, 0.2) is 6.10 Å². The first-order chi connectivity index (χ1) is 7.99. The lowest BCUT2D eigenvalue weighted by molar-refractivity contribution is -0.136. The minimum atomic E-state index is -0.899. The van der Waals surface area contributed by atoms with Gasteiger partial charge in [-0.15, -0.1) is 0 Å². The van der Waals surface area contributed by atoms with Crippen LogP contribution in [-0.2, 0) is 16.0 Å². The zero-order valence-corrected chi connectivity index (χ0v) is 9.64. The van der Waals surface area contributed by atoms with Gasteiger partial charge in [0.2, 0.25) is 0 Å². The number of carbonyl (C=O) groups is 2. The van der Waals surface area contributed by atoms with Gasteiger partial charge in [0, 0.05) is 7.05 Å². The van der Waals surface area contributed by atoms with Crippen LogP contribution in [0.5, 0.6) is 5.75 Å². The van der Waals surface area contributed by atoms with Gasteiger partial charge in [0.25, 0.3) is 5.91 Å². The van der Waals surface area contributed by atoms with E-state index in [1.165, 1.54) is 4.90 Å². The second-order valence-electron chi connectivity index (χ2n) is 4.03. The molecule has 1 aliphatic rings. The van der Waals surface area contributed by atoms with Crippen molar-refractivity contribution >= 4 is 17.6 Å². The molecule has 0 fully saturated rings. The topological polar surface area (TPSA) is 66.8 Å². The maximum Gasteiger partial charge on any atom is 0.307 e. The van der Waals surface area contributed by atoms with Crippen molar-refractivity contribution in [2.24, 2.45) is 0 Å². The van der Waals surface area contributed by atoms with Crippen molar-refractivity contribution < 1.29 is 19.4 Å². The normalized spacial score (nSPS) is 18.6. The molecule has 1 unspecified atom stereocenters. The third-order valence-electron chi connectivity index (χ3n) is 2.72. The summed E-state index contributed by atoms with van der Waals surface area (Å²) in [5, 5.41) is 8.72. The molecule has 0 aromatic heterocycles. The Balaban J connectivity index is 2.38. The van der Waals surface area contributed by atoms with E-state index >= 15 is 0 Å². The van der Waals surface area contributed by atoms with Gasteiger partial charge in [0.1, 0.15) is 5.75 Å². The first-order valence-corrected chi connectivity index (χ1v) is 5.28. The molecule has 17 heavy (non-hydrogen) atoms. The van der Waals surface area contributed by atoms with E-state index in [1.807, 2.05) is 0 Å². The zero-order valence-electron chi connectivity index (χ0n) is 9.64. The second-order valence-corrected chi connectivity index (χ2v) is 4.03. The van der Waals surface area contributed by atoms with E-state index in [0.29, 0.717) is 17.0 Å². The molecule has 1 amide bonds. The lowest BCUT2D eigenvalue weighted by Gasteiger charge is -2.30. The fraction of sp³-hybridized carbons (Fsp3) is 0.333. The second kappa shape index (κ2) is 4.08. The monoisotopic (exact) mass is 235 g/mol. The third-order valence-corrected chi connectivity index (χ3v) is 2.72. The number of carbonyl (C=O) groups excluding carboxylic acids is 1. The molecular formula is C12H13NO4. The number of anilines is 1. The molecule has 1 aromatic carbocycles. The standard InChI is InChI=1S/C12H13NO4/c1-7-12(16)13(2)9-5-8(6-11(14)15)3-4-10(9)17-7/h3-5,7H,6H2,1-2H3,(H,14,15). The summed E-state index contributed by atoms with van der Waals surface area (Å²) in [6.45, 7) is 1.69. The third kappa shape index (κ3) is 2.08. The van der Waals surface area contributed by atoms with Crippen molar-refractivity contribution in [3.8, 4) is 5.75 Å². The summed E-state index contributed by atoms with van der Waals surface area (Å²) in [7, 11) is 1.66. The number of carboxylic acid groups (broad SMARTS) is 1. The van der Waals surface area contributed by atoms with Crippen LogP contribution in [0.2, 0.25) is 0 Å². The number of aliphatic carboxylic acids is 1. The van der Waals surface area contributed by atoms with Crippen molar-refractivity contribution in [3.05, 3.63) is 23.8 Å². The number of carboxylic acids is 1. The summed E-state index contributed by atoms with van der Waals surface area (Å²) >= 11 is 0. The number of benzene rings is 1. The van der Waals surface area contributed by atoms with Crippen LogP contribution in [0.4, 0.5) is 5.69 Å². The van der Waals surface area contributed by atoms with Crippen LogP contribution >= 0.6 is 0 Å². The Labute approximate surface area is 98.6 Å². The van der Waals surface area contributed by atoms with Crippen molar-refractivity contribution in [3.63, 3.8) is 0 Å². The molecule has 1 aromatic rings. The molecular weight excluding hydrogens is 222 g/mol. The summed E-state index contributed by atoms with van der Waals surface area (Å²) in [4.78, 5) is 23.8. The lowest BCUT2D eigenvalue weighted by atomic mass is 10.1. The highest BCUT2D eigenvalue weighted by atomic mass is 16.5. The van der Waals surface area contributed by atoms with Crippen LogP contribution in [-0.4, -0.2) is 30.1 Å². The van der Waals surface area contributed by atoms with Crippen molar-refractivity contribution in [2.45, 2.75) is 19.4 Å². The molecule has 2 rings (SSSR count). The molecule has 5 heteroatoms. The Morgan fingerprint density at radius 1 is 1.53 bits per heavy atom. The summed E-state index contributed by atoms with van der Waals surface area (Å²) in [5.74, 6) is -0.428. The summed E-state index contributed by atoms with van der Waals surface area (Å²) in [6.07, 6.45) is -0.567. The number of nitrogens with zero attached hydrogens (tertiary/aromatic N) is 1. The summed E-state index contributed by atoms with van der Waals surface area (Å²) in [6, 6.07) is 5.07. The van der Waals surface area contributed by atoms with E-state index in [-0.39, 0.29) is 12.3 Å². The predicted octanol–water partition coefficient (Wildman–Crippen LogP) is 1.06. The fourth-order valence-electron chi connectivity index (χ4n) is 1.84. The van der Waals surface area contributed by atoms with Crippen LogP contribution < -0.4 is 9.64 Å². The van der Waals surface area contributed by atoms with Crippen LogP contribution in [0.3, 0.4) is 0 Å². The molecule has 5 nitrogen and oxygen atoms in total. The predicted molar refractivity (Wildman–Crippen MR) is 61.3 cm³/mol. The van der Waals surface area contributed by atoms with E-state index < -0.39 is 12.1 Å². The molecule has 1 heterocycles. The number of hydrogen-bond acceptors (Lipinski definition) is 3. The lowest BCUT2D eigenvalue weighted by Crippen LogP contribution is -2.42. The van der Waals surface area contributed by atoms with Crippen LogP contribution in [0.25, 0.3) is 0 Å². The highest BCUT2D eigenvalue weighted by Gasteiger charge is 2.28. The number of likely N-dealkylation sites (N-methyl/N-ethyl adjacent to an activating group) is 1. The minimum absolute atomic E-state index is 0.0646. The van der Waals surface area contributed by atoms with Gasteiger partial charge in [0.05, 0.1) is 12.1 Å². The average Bonchev–Trinajstić information content (AvgIpc) is 2.26. The smallest absolute Gasteiger partial charge is 0.307 e. The highest BCUT2D eigenvalue weighted by molar-refractivity contribution is 5.99. The first kappa shape index (κ1) is 11.4. The van der Waals surface area contributed by atoms with Gasteiger partial charge < -0.3 is 14.7 Å². The quantitative estimate of drug-likeness (QED) is 0.832. The largest absolute Gasteiger partial charge is 0.481 e. The number of fused-ring (bicyclic) bond motifs is 1. The molecule has 0 spiro atoms. The van der Waals surface area contributed by atoms with Crippen molar-refractivity contribution in [1.29, 1.82) is 0 Å². The molecule has 1 N–H and O–H groups in total. The number of hydrogen-bond donors (Lipinski definition) is 1. The van der Waals surface area contributed by atoms with Crippen LogP contribution in [0.1, 0.15) is 12.5 Å². The summed E-state index contributed by atoms with van der Waals surface area (Å²) in [5.41, 5.74) is 1.26. The number of amides is 1. The molecule has 1 atom stereocenters. The Morgan fingerprint density at radius 2 is 2.24 bits per heavy atom. The van der Waals surface area contributed by atoms with Gasteiger partial charge >= 0.3 is 5.97 Å². The first-order valence-electron chi connectivity index (χ1n) is 5.28. The Kier molecular flexibility index (Phi) is 2.75. The van der Waals surface area contributed by atoms with Gasteiger partial charge in [-0.2, -0.15) is 0 Å². The van der Waals surface area contributed by atoms with Crippen molar-refractivity contribution in [2.75, 3.05) is 11.9 Å². The van der Waals surface area contributed by atoms with E-state index in [4.69, 9.17) is 9.84 Å². The molecule has 90 valence electrons. The van der Waals surface area contributed by atoms with Crippen LogP contribution in [0.15, 0.2) is 18.2 Å². The maximum atomic E-state index is 11.7. The van der Waals surface area contributed by atoms with Crippen molar-refractivity contribution in [1.82, 2.24) is 0 Å². The Hall–Kier alpha value is -2.04. The van der Waals surface area contributed by atoms with Gasteiger partial charge in [-0.25, -0.2) is 0 Å². The Morgan fingerprint density at radius 3 is 2.88 bits per heavy atom. The molecule has 1 aliphatic heterocycles. The molecule has 0 bridgehead atoms. The maximum absolute atomic E-state index is 11.7. The fourth-order valence-corrected chi connectivity index (χ4v) is 1.84. The minimum Gasteiger partial charge on any atom is -0.481 e. The van der Waals surface area contributed by atoms with Crippen LogP contribution in [0, 0.1) is 0 Å².